The molecule has 0 spiro atoms. The molecule has 1 aromatic rings. The summed E-state index contributed by atoms with van der Waals surface area (Å²) in [6.45, 7) is 1.22. The van der Waals surface area contributed by atoms with Crippen LogP contribution in [0.5, 0.6) is 0 Å². The van der Waals surface area contributed by atoms with Crippen LogP contribution < -0.4 is 11.3 Å². The highest BCUT2D eigenvalue weighted by atomic mass is 32.2. The number of halogens is 2. The first kappa shape index (κ1) is 14.1. The van der Waals surface area contributed by atoms with Gasteiger partial charge < -0.3 is 10.3 Å². The van der Waals surface area contributed by atoms with E-state index in [-0.39, 0.29) is 11.5 Å². The first-order valence-corrected chi connectivity index (χ1v) is 7.11. The highest BCUT2D eigenvalue weighted by Crippen LogP contribution is 2.21. The van der Waals surface area contributed by atoms with E-state index in [4.69, 9.17) is 5.84 Å². The SMILES string of the molecule is NNc1c(F)cc(C(=O)N2CCCSCC2)cc1F. The number of benzene rings is 1. The molecule has 0 radical (unpaired) electrons. The minimum absolute atomic E-state index is 0.0147. The van der Waals surface area contributed by atoms with Crippen LogP contribution in [0.4, 0.5) is 14.5 Å². The second-order valence-corrected chi connectivity index (χ2v) is 5.44. The second-order valence-electron chi connectivity index (χ2n) is 4.22. The number of amides is 1. The lowest BCUT2D eigenvalue weighted by atomic mass is 10.1. The molecule has 7 heteroatoms. The number of thioether (sulfide) groups is 1. The Morgan fingerprint density at radius 1 is 1.26 bits per heavy atom. The monoisotopic (exact) mass is 287 g/mol. The Morgan fingerprint density at radius 3 is 2.58 bits per heavy atom. The Labute approximate surface area is 114 Å². The van der Waals surface area contributed by atoms with E-state index >= 15 is 0 Å². The molecule has 1 amide bonds. The summed E-state index contributed by atoms with van der Waals surface area (Å²) in [6, 6.07) is 2.03. The normalized spacial score (nSPS) is 16.1. The largest absolute Gasteiger partial charge is 0.338 e. The molecule has 1 aromatic carbocycles. The zero-order chi connectivity index (χ0) is 13.8. The van der Waals surface area contributed by atoms with Gasteiger partial charge in [0.05, 0.1) is 0 Å². The van der Waals surface area contributed by atoms with Crippen LogP contribution in [0.15, 0.2) is 12.1 Å². The van der Waals surface area contributed by atoms with Crippen LogP contribution in [0.1, 0.15) is 16.8 Å². The van der Waals surface area contributed by atoms with E-state index < -0.39 is 17.3 Å². The molecule has 1 saturated heterocycles. The molecule has 2 rings (SSSR count). The quantitative estimate of drug-likeness (QED) is 0.643. The molecular formula is C12H15F2N3OS. The topological polar surface area (TPSA) is 58.4 Å². The molecule has 0 saturated carbocycles. The summed E-state index contributed by atoms with van der Waals surface area (Å²) in [5.41, 5.74) is 1.53. The zero-order valence-electron chi connectivity index (χ0n) is 10.3. The minimum atomic E-state index is -0.866. The number of nitrogens with two attached hydrogens (primary N) is 1. The average molecular weight is 287 g/mol. The molecule has 1 aliphatic heterocycles. The molecular weight excluding hydrogens is 272 g/mol. The fraction of sp³-hybridized carbons (Fsp3) is 0.417. The van der Waals surface area contributed by atoms with Gasteiger partial charge in [-0.3, -0.25) is 10.6 Å². The lowest BCUT2D eigenvalue weighted by Crippen LogP contribution is -2.33. The molecule has 104 valence electrons. The number of hydrazine groups is 1. The molecule has 3 N–H and O–H groups in total. The van der Waals surface area contributed by atoms with Crippen molar-refractivity contribution in [2.24, 2.45) is 5.84 Å². The summed E-state index contributed by atoms with van der Waals surface area (Å²) < 4.78 is 27.1. The molecule has 19 heavy (non-hydrogen) atoms. The highest BCUT2D eigenvalue weighted by molar-refractivity contribution is 7.99. The third-order valence-corrected chi connectivity index (χ3v) is 3.99. The molecule has 0 aliphatic carbocycles. The van der Waals surface area contributed by atoms with Gasteiger partial charge in [-0.2, -0.15) is 11.8 Å². The van der Waals surface area contributed by atoms with E-state index in [1.54, 1.807) is 16.7 Å². The van der Waals surface area contributed by atoms with Gasteiger partial charge in [-0.15, -0.1) is 0 Å². The molecule has 0 unspecified atom stereocenters. The number of rotatable bonds is 2. The van der Waals surface area contributed by atoms with Crippen molar-refractivity contribution in [2.75, 3.05) is 30.0 Å². The van der Waals surface area contributed by atoms with Gasteiger partial charge in [-0.25, -0.2) is 8.78 Å². The smallest absolute Gasteiger partial charge is 0.254 e. The Kier molecular flexibility index (Phi) is 4.60. The summed E-state index contributed by atoms with van der Waals surface area (Å²) in [6.07, 6.45) is 0.893. The van der Waals surface area contributed by atoms with Gasteiger partial charge in [-0.1, -0.05) is 0 Å². The first-order valence-electron chi connectivity index (χ1n) is 5.96. The number of carbonyl (C=O) groups is 1. The van der Waals surface area contributed by atoms with Crippen molar-refractivity contribution >= 4 is 23.4 Å². The number of hydrogen-bond acceptors (Lipinski definition) is 4. The van der Waals surface area contributed by atoms with Crippen molar-refractivity contribution in [1.29, 1.82) is 0 Å². The first-order chi connectivity index (χ1) is 9.13. The summed E-state index contributed by atoms with van der Waals surface area (Å²) in [4.78, 5) is 13.8. The van der Waals surface area contributed by atoms with E-state index in [1.165, 1.54) is 0 Å². The van der Waals surface area contributed by atoms with Gasteiger partial charge in [0.2, 0.25) is 0 Å². The average Bonchev–Trinajstić information content (AvgIpc) is 2.66. The number of carbonyl (C=O) groups excluding carboxylic acids is 1. The number of nitrogens with zero attached hydrogens (tertiary/aromatic N) is 1. The molecule has 1 heterocycles. The fourth-order valence-electron chi connectivity index (χ4n) is 1.97. The fourth-order valence-corrected chi connectivity index (χ4v) is 2.85. The van der Waals surface area contributed by atoms with Gasteiger partial charge >= 0.3 is 0 Å². The predicted molar refractivity (Wildman–Crippen MR) is 72.0 cm³/mol. The van der Waals surface area contributed by atoms with Gasteiger partial charge in [0.1, 0.15) is 5.69 Å². The Balaban J connectivity index is 2.23. The van der Waals surface area contributed by atoms with E-state index in [1.807, 2.05) is 5.43 Å². The van der Waals surface area contributed by atoms with Gasteiger partial charge in [0.15, 0.2) is 11.6 Å². The van der Waals surface area contributed by atoms with Crippen molar-refractivity contribution in [1.82, 2.24) is 4.90 Å². The van der Waals surface area contributed by atoms with Crippen molar-refractivity contribution < 1.29 is 13.6 Å². The summed E-state index contributed by atoms with van der Waals surface area (Å²) in [5, 5.41) is 0. The Bertz CT molecular complexity index is 453. The highest BCUT2D eigenvalue weighted by Gasteiger charge is 2.20. The maximum atomic E-state index is 13.6. The van der Waals surface area contributed by atoms with Crippen molar-refractivity contribution in [3.63, 3.8) is 0 Å². The molecule has 4 nitrogen and oxygen atoms in total. The molecule has 0 aromatic heterocycles. The summed E-state index contributed by atoms with van der Waals surface area (Å²) >= 11 is 1.78. The van der Waals surface area contributed by atoms with E-state index in [2.05, 4.69) is 0 Å². The van der Waals surface area contributed by atoms with Gasteiger partial charge in [0.25, 0.3) is 5.91 Å². The van der Waals surface area contributed by atoms with E-state index in [0.717, 1.165) is 30.1 Å². The number of hydrogen-bond donors (Lipinski definition) is 2. The zero-order valence-corrected chi connectivity index (χ0v) is 11.1. The molecule has 1 fully saturated rings. The minimum Gasteiger partial charge on any atom is -0.338 e. The maximum absolute atomic E-state index is 13.6. The van der Waals surface area contributed by atoms with Crippen LogP contribution in [0, 0.1) is 11.6 Å². The van der Waals surface area contributed by atoms with Crippen LogP contribution in [0.25, 0.3) is 0 Å². The van der Waals surface area contributed by atoms with Crippen LogP contribution in [0.2, 0.25) is 0 Å². The molecule has 0 atom stereocenters. The predicted octanol–water partition coefficient (Wildman–Crippen LogP) is 1.83. The Hall–Kier alpha value is -1.34. The molecule has 0 bridgehead atoms. The van der Waals surface area contributed by atoms with Crippen molar-refractivity contribution in [3.8, 4) is 0 Å². The standard InChI is InChI=1S/C12H15F2N3OS/c13-9-6-8(7-10(14)11(9)16-15)12(18)17-2-1-4-19-5-3-17/h6-7,16H,1-5,15H2. The van der Waals surface area contributed by atoms with Gasteiger partial charge in [0, 0.05) is 24.4 Å². The van der Waals surface area contributed by atoms with Crippen LogP contribution in [-0.2, 0) is 0 Å². The lowest BCUT2D eigenvalue weighted by Gasteiger charge is -2.20. The number of anilines is 1. The van der Waals surface area contributed by atoms with Crippen LogP contribution in [-0.4, -0.2) is 35.4 Å². The van der Waals surface area contributed by atoms with E-state index in [9.17, 15) is 13.6 Å². The van der Waals surface area contributed by atoms with Crippen LogP contribution >= 0.6 is 11.8 Å². The van der Waals surface area contributed by atoms with Crippen molar-refractivity contribution in [3.05, 3.63) is 29.3 Å². The van der Waals surface area contributed by atoms with Gasteiger partial charge in [-0.05, 0) is 24.3 Å². The summed E-state index contributed by atoms with van der Waals surface area (Å²) in [7, 11) is 0. The molecule has 1 aliphatic rings. The third kappa shape index (κ3) is 3.16. The Morgan fingerprint density at radius 2 is 1.95 bits per heavy atom. The number of nitrogens with one attached hydrogen (secondary N) is 1. The maximum Gasteiger partial charge on any atom is 0.254 e. The number of nitrogen functional groups attached to an aromatic ring is 1. The summed E-state index contributed by atoms with van der Waals surface area (Å²) in [5.74, 6) is 4.79. The second kappa shape index (κ2) is 6.21. The third-order valence-electron chi connectivity index (χ3n) is 2.94. The van der Waals surface area contributed by atoms with Crippen LogP contribution in [0.3, 0.4) is 0 Å². The lowest BCUT2D eigenvalue weighted by molar-refractivity contribution is 0.0767. The van der Waals surface area contributed by atoms with E-state index in [0.29, 0.717) is 13.1 Å². The van der Waals surface area contributed by atoms with Crippen molar-refractivity contribution in [2.45, 2.75) is 6.42 Å².